The number of rotatable bonds is 3. The third-order valence-electron chi connectivity index (χ3n) is 3.56. The molecule has 0 radical (unpaired) electrons. The van der Waals surface area contributed by atoms with Crippen molar-refractivity contribution >= 4 is 5.91 Å². The van der Waals surface area contributed by atoms with Crippen LogP contribution in [0.15, 0.2) is 4.52 Å². The summed E-state index contributed by atoms with van der Waals surface area (Å²) in [5, 5.41) is 7.21. The van der Waals surface area contributed by atoms with Gasteiger partial charge in [0.1, 0.15) is 11.3 Å². The van der Waals surface area contributed by atoms with E-state index in [1.165, 1.54) is 0 Å². The summed E-state index contributed by atoms with van der Waals surface area (Å²) in [6.45, 7) is 8.27. The average Bonchev–Trinajstić information content (AvgIpc) is 2.71. The van der Waals surface area contributed by atoms with Gasteiger partial charge in [0, 0.05) is 19.1 Å². The molecule has 5 heteroatoms. The van der Waals surface area contributed by atoms with Crippen LogP contribution in [0.5, 0.6) is 0 Å². The average molecular weight is 251 g/mol. The number of piperidine rings is 1. The number of aromatic nitrogens is 1. The molecule has 1 fully saturated rings. The van der Waals surface area contributed by atoms with Gasteiger partial charge in [-0.3, -0.25) is 4.79 Å². The first kappa shape index (κ1) is 13.1. The van der Waals surface area contributed by atoms with E-state index in [-0.39, 0.29) is 11.9 Å². The first-order chi connectivity index (χ1) is 8.65. The van der Waals surface area contributed by atoms with Crippen molar-refractivity contribution in [1.29, 1.82) is 0 Å². The third kappa shape index (κ3) is 2.41. The van der Waals surface area contributed by atoms with E-state index in [1.807, 2.05) is 18.7 Å². The number of likely N-dealkylation sites (N-methyl/N-ethyl adjacent to an activating group) is 1. The minimum atomic E-state index is 0.0439. The molecule has 1 aromatic heterocycles. The second kappa shape index (κ2) is 5.52. The van der Waals surface area contributed by atoms with Crippen LogP contribution in [0.3, 0.4) is 0 Å². The molecule has 0 aromatic carbocycles. The molecular formula is C13H21N3O2. The Kier molecular flexibility index (Phi) is 4.01. The first-order valence-electron chi connectivity index (χ1n) is 6.59. The maximum Gasteiger partial charge on any atom is 0.259 e. The number of hydrogen-bond acceptors (Lipinski definition) is 4. The van der Waals surface area contributed by atoms with Gasteiger partial charge in [-0.05, 0) is 40.2 Å². The van der Waals surface area contributed by atoms with Crippen LogP contribution >= 0.6 is 0 Å². The van der Waals surface area contributed by atoms with E-state index in [0.717, 1.165) is 32.5 Å². The monoisotopic (exact) mass is 251 g/mol. The second-order valence-electron chi connectivity index (χ2n) is 4.79. The number of amides is 1. The number of carbonyl (C=O) groups excluding carboxylic acids is 1. The van der Waals surface area contributed by atoms with Crippen LogP contribution < -0.4 is 5.32 Å². The molecule has 0 saturated carbocycles. The molecular weight excluding hydrogens is 230 g/mol. The summed E-state index contributed by atoms with van der Waals surface area (Å²) >= 11 is 0. The molecule has 1 aliphatic rings. The smallest absolute Gasteiger partial charge is 0.259 e. The van der Waals surface area contributed by atoms with Gasteiger partial charge in [0.05, 0.1) is 5.69 Å². The Morgan fingerprint density at radius 1 is 1.56 bits per heavy atom. The van der Waals surface area contributed by atoms with Gasteiger partial charge in [-0.15, -0.1) is 0 Å². The summed E-state index contributed by atoms with van der Waals surface area (Å²) in [7, 11) is 0. The van der Waals surface area contributed by atoms with Gasteiger partial charge in [-0.1, -0.05) is 5.16 Å². The van der Waals surface area contributed by atoms with Crippen LogP contribution in [0.2, 0.25) is 0 Å². The molecule has 0 aliphatic carbocycles. The highest BCUT2D eigenvalue weighted by molar-refractivity contribution is 5.96. The van der Waals surface area contributed by atoms with E-state index >= 15 is 0 Å². The van der Waals surface area contributed by atoms with Crippen LogP contribution in [0.1, 0.15) is 41.6 Å². The number of hydrogen-bond donors (Lipinski definition) is 1. The van der Waals surface area contributed by atoms with Crippen molar-refractivity contribution in [3.05, 3.63) is 17.0 Å². The lowest BCUT2D eigenvalue weighted by Crippen LogP contribution is -2.48. The van der Waals surface area contributed by atoms with Crippen molar-refractivity contribution in [2.24, 2.45) is 0 Å². The fourth-order valence-electron chi connectivity index (χ4n) is 2.60. The molecule has 0 bridgehead atoms. The predicted molar refractivity (Wildman–Crippen MR) is 68.6 cm³/mol. The lowest BCUT2D eigenvalue weighted by molar-refractivity contribution is 0.0659. The Morgan fingerprint density at radius 2 is 2.33 bits per heavy atom. The largest absolute Gasteiger partial charge is 0.361 e. The Balaban J connectivity index is 2.19. The van der Waals surface area contributed by atoms with Crippen molar-refractivity contribution in [2.75, 3.05) is 19.6 Å². The molecule has 2 heterocycles. The van der Waals surface area contributed by atoms with E-state index < -0.39 is 0 Å². The van der Waals surface area contributed by atoms with Crippen LogP contribution in [-0.4, -0.2) is 41.6 Å². The second-order valence-corrected chi connectivity index (χ2v) is 4.79. The molecule has 1 amide bonds. The fraction of sp³-hybridized carbons (Fsp3) is 0.692. The molecule has 5 nitrogen and oxygen atoms in total. The minimum absolute atomic E-state index is 0.0439. The molecule has 1 aliphatic heterocycles. The van der Waals surface area contributed by atoms with Crippen molar-refractivity contribution in [3.8, 4) is 0 Å². The van der Waals surface area contributed by atoms with Gasteiger partial charge in [0.2, 0.25) is 0 Å². The van der Waals surface area contributed by atoms with E-state index in [0.29, 0.717) is 17.0 Å². The zero-order valence-electron chi connectivity index (χ0n) is 11.3. The maximum absolute atomic E-state index is 12.6. The van der Waals surface area contributed by atoms with Gasteiger partial charge in [0.25, 0.3) is 5.91 Å². The van der Waals surface area contributed by atoms with Crippen LogP contribution in [0.4, 0.5) is 0 Å². The lowest BCUT2D eigenvalue weighted by atomic mass is 10.0. The molecule has 2 rings (SSSR count). The van der Waals surface area contributed by atoms with Crippen LogP contribution in [0, 0.1) is 13.8 Å². The summed E-state index contributed by atoms with van der Waals surface area (Å²) in [6.07, 6.45) is 2.19. The van der Waals surface area contributed by atoms with Crippen LogP contribution in [-0.2, 0) is 0 Å². The van der Waals surface area contributed by atoms with E-state index in [2.05, 4.69) is 10.5 Å². The van der Waals surface area contributed by atoms with Crippen molar-refractivity contribution in [2.45, 2.75) is 39.7 Å². The zero-order chi connectivity index (χ0) is 13.1. The predicted octanol–water partition coefficient (Wildman–Crippen LogP) is 1.51. The summed E-state index contributed by atoms with van der Waals surface area (Å²) in [5.41, 5.74) is 1.31. The molecule has 100 valence electrons. The SMILES string of the molecule is CCN(C(=O)c1c(C)noc1C)C1CCCNC1. The summed E-state index contributed by atoms with van der Waals surface area (Å²) in [5.74, 6) is 0.655. The zero-order valence-corrected chi connectivity index (χ0v) is 11.3. The van der Waals surface area contributed by atoms with Gasteiger partial charge in [-0.25, -0.2) is 0 Å². The summed E-state index contributed by atoms with van der Waals surface area (Å²) in [6, 6.07) is 0.282. The number of nitrogens with zero attached hydrogens (tertiary/aromatic N) is 2. The molecule has 1 N–H and O–H groups in total. The Labute approximate surface area is 108 Å². The third-order valence-corrected chi connectivity index (χ3v) is 3.56. The highest BCUT2D eigenvalue weighted by Crippen LogP contribution is 2.19. The first-order valence-corrected chi connectivity index (χ1v) is 6.59. The Morgan fingerprint density at radius 3 is 2.83 bits per heavy atom. The van der Waals surface area contributed by atoms with Gasteiger partial charge in [0.15, 0.2) is 0 Å². The van der Waals surface area contributed by atoms with Crippen LogP contribution in [0.25, 0.3) is 0 Å². The minimum Gasteiger partial charge on any atom is -0.361 e. The quantitative estimate of drug-likeness (QED) is 0.884. The van der Waals surface area contributed by atoms with Gasteiger partial charge >= 0.3 is 0 Å². The highest BCUT2D eigenvalue weighted by atomic mass is 16.5. The Bertz CT molecular complexity index is 402. The molecule has 18 heavy (non-hydrogen) atoms. The van der Waals surface area contributed by atoms with E-state index in [4.69, 9.17) is 4.52 Å². The molecule has 0 spiro atoms. The lowest BCUT2D eigenvalue weighted by Gasteiger charge is -2.33. The molecule has 1 unspecified atom stereocenters. The highest BCUT2D eigenvalue weighted by Gasteiger charge is 2.28. The summed E-state index contributed by atoms with van der Waals surface area (Å²) in [4.78, 5) is 14.5. The molecule has 1 aromatic rings. The van der Waals surface area contributed by atoms with Crippen molar-refractivity contribution < 1.29 is 9.32 Å². The number of carbonyl (C=O) groups is 1. The normalized spacial score (nSPS) is 19.8. The van der Waals surface area contributed by atoms with E-state index in [1.54, 1.807) is 6.92 Å². The summed E-state index contributed by atoms with van der Waals surface area (Å²) < 4.78 is 5.09. The maximum atomic E-state index is 12.6. The number of nitrogens with one attached hydrogen (secondary N) is 1. The fourth-order valence-corrected chi connectivity index (χ4v) is 2.60. The standard InChI is InChI=1S/C13H21N3O2/c1-4-16(11-6-5-7-14-8-11)13(17)12-9(2)15-18-10(12)3/h11,14H,4-8H2,1-3H3. The Hall–Kier alpha value is -1.36. The van der Waals surface area contributed by atoms with Crippen molar-refractivity contribution in [3.63, 3.8) is 0 Å². The van der Waals surface area contributed by atoms with Gasteiger partial charge in [-0.2, -0.15) is 0 Å². The van der Waals surface area contributed by atoms with Gasteiger partial charge < -0.3 is 14.7 Å². The van der Waals surface area contributed by atoms with E-state index in [9.17, 15) is 4.79 Å². The number of aryl methyl sites for hydroxylation is 2. The van der Waals surface area contributed by atoms with Crippen molar-refractivity contribution in [1.82, 2.24) is 15.4 Å². The molecule has 1 atom stereocenters. The molecule has 1 saturated heterocycles. The topological polar surface area (TPSA) is 58.4 Å².